The Labute approximate surface area is 199 Å². The highest BCUT2D eigenvalue weighted by atomic mass is 35.5. The number of rotatable bonds is 4. The Kier molecular flexibility index (Phi) is 7.87. The molecule has 33 heavy (non-hydrogen) atoms. The Bertz CT molecular complexity index is 1370. The summed E-state index contributed by atoms with van der Waals surface area (Å²) in [5.41, 5.74) is 4.86. The molecule has 170 valence electrons. The summed E-state index contributed by atoms with van der Waals surface area (Å²) in [7, 11) is 1.89. The van der Waals surface area contributed by atoms with E-state index in [1.54, 1.807) is 0 Å². The molecule has 4 rings (SSSR count). The number of nitrogens with zero attached hydrogens (tertiary/aromatic N) is 2. The van der Waals surface area contributed by atoms with Gasteiger partial charge < -0.3 is 9.45 Å². The van der Waals surface area contributed by atoms with Crippen molar-refractivity contribution >= 4 is 50.5 Å². The molecule has 0 bridgehead atoms. The maximum atomic E-state index is 10.3. The minimum atomic E-state index is -4.33. The quantitative estimate of drug-likeness (QED) is 0.299. The van der Waals surface area contributed by atoms with Gasteiger partial charge >= 0.3 is 0 Å². The molecule has 4 aromatic rings. The summed E-state index contributed by atoms with van der Waals surface area (Å²) in [6.07, 6.45) is 4.32. The predicted octanol–water partition coefficient (Wildman–Crippen LogP) is 5.14. The molecule has 1 heterocycles. The zero-order valence-corrected chi connectivity index (χ0v) is 20.2. The fourth-order valence-corrected chi connectivity index (χ4v) is 3.79. The van der Waals surface area contributed by atoms with Gasteiger partial charge in [-0.15, -0.1) is 0 Å². The third-order valence-corrected chi connectivity index (χ3v) is 6.18. The molecule has 0 N–H and O–H groups in total. The average molecular weight is 481 g/mol. The Morgan fingerprint density at radius 1 is 0.848 bits per heavy atom. The van der Waals surface area contributed by atoms with Gasteiger partial charge in [0.1, 0.15) is 17.2 Å². The number of para-hydroxylation sites is 1. The lowest BCUT2D eigenvalue weighted by Gasteiger charge is -2.11. The summed E-state index contributed by atoms with van der Waals surface area (Å²) in [4.78, 5) is 1.85. The van der Waals surface area contributed by atoms with Gasteiger partial charge in [-0.2, -0.15) is 4.57 Å². The number of hydrogen-bond acceptors (Lipinski definition) is 4. The minimum absolute atomic E-state index is 0.262. The third-order valence-electron chi connectivity index (χ3n) is 5.08. The Balaban J connectivity index is 0.000000235. The predicted molar refractivity (Wildman–Crippen MR) is 134 cm³/mol. The molecular weight excluding hydrogens is 456 g/mol. The first-order valence-electron chi connectivity index (χ1n) is 10.2. The van der Waals surface area contributed by atoms with E-state index < -0.39 is 10.1 Å². The van der Waals surface area contributed by atoms with Gasteiger partial charge in [-0.3, -0.25) is 0 Å². The standard InChI is InChI=1S/C20H21N2.C6H5ClO3S/c1-21(2)18-12-8-16(9-13-18)10-14-19-15-11-17-6-4-5-7-20(17)22(19)3;7-5-1-3-6(4-2-5)11(8,9)10/h4-15H,1-3H3;1-4H,(H,8,9,10)/q+1;/p-1. The van der Waals surface area contributed by atoms with E-state index in [0.717, 1.165) is 0 Å². The number of pyridine rings is 1. The summed E-state index contributed by atoms with van der Waals surface area (Å²) in [6.45, 7) is 0. The number of halogens is 1. The number of anilines is 1. The van der Waals surface area contributed by atoms with Crippen LogP contribution in [0.4, 0.5) is 5.69 Å². The van der Waals surface area contributed by atoms with Gasteiger partial charge in [0, 0.05) is 48.4 Å². The van der Waals surface area contributed by atoms with Gasteiger partial charge in [0.2, 0.25) is 11.2 Å². The van der Waals surface area contributed by atoms with Crippen molar-refractivity contribution in [1.82, 2.24) is 0 Å². The molecule has 0 unspecified atom stereocenters. The molecule has 0 saturated heterocycles. The van der Waals surface area contributed by atoms with Gasteiger partial charge in [0.15, 0.2) is 0 Å². The summed E-state index contributed by atoms with van der Waals surface area (Å²) in [5, 5.41) is 1.66. The Hall–Kier alpha value is -3.19. The molecule has 7 heteroatoms. The van der Waals surface area contributed by atoms with Crippen LogP contribution in [0.15, 0.2) is 89.8 Å². The Morgan fingerprint density at radius 2 is 1.48 bits per heavy atom. The van der Waals surface area contributed by atoms with Crippen molar-refractivity contribution in [3.8, 4) is 0 Å². The van der Waals surface area contributed by atoms with E-state index in [9.17, 15) is 13.0 Å². The van der Waals surface area contributed by atoms with Gasteiger partial charge in [-0.05, 0) is 60.2 Å². The SMILES string of the molecule is CN(C)c1ccc(/C=C/c2ccc3ccccc3[n+]2C)cc1.O=S(=O)([O-])c1ccc(Cl)cc1. The molecule has 0 aliphatic rings. The van der Waals surface area contributed by atoms with Crippen LogP contribution >= 0.6 is 11.6 Å². The molecule has 0 atom stereocenters. The smallest absolute Gasteiger partial charge is 0.212 e. The van der Waals surface area contributed by atoms with Crippen molar-refractivity contribution < 1.29 is 17.5 Å². The molecule has 0 fully saturated rings. The van der Waals surface area contributed by atoms with E-state index in [1.807, 2.05) is 0 Å². The molecule has 0 aliphatic carbocycles. The second kappa shape index (κ2) is 10.6. The molecule has 1 aromatic heterocycles. The Morgan fingerprint density at radius 3 is 2.09 bits per heavy atom. The first-order chi connectivity index (χ1) is 15.6. The topological polar surface area (TPSA) is 64.3 Å². The van der Waals surface area contributed by atoms with E-state index in [2.05, 4.69) is 103 Å². The van der Waals surface area contributed by atoms with Crippen LogP contribution in [0.25, 0.3) is 23.1 Å². The van der Waals surface area contributed by atoms with E-state index in [4.69, 9.17) is 11.6 Å². The fraction of sp³-hybridized carbons (Fsp3) is 0.115. The van der Waals surface area contributed by atoms with Crippen LogP contribution < -0.4 is 9.47 Å². The second-order valence-corrected chi connectivity index (χ2v) is 9.42. The number of fused-ring (bicyclic) bond motifs is 1. The van der Waals surface area contributed by atoms with Crippen molar-refractivity contribution in [1.29, 1.82) is 0 Å². The largest absolute Gasteiger partial charge is 0.744 e. The van der Waals surface area contributed by atoms with E-state index in [1.165, 1.54) is 52.1 Å². The monoisotopic (exact) mass is 480 g/mol. The molecule has 0 saturated carbocycles. The van der Waals surface area contributed by atoms with Crippen LogP contribution in [0.3, 0.4) is 0 Å². The first-order valence-corrected chi connectivity index (χ1v) is 12.0. The summed E-state index contributed by atoms with van der Waals surface area (Å²) in [6, 6.07) is 26.4. The lowest BCUT2D eigenvalue weighted by Crippen LogP contribution is -2.32. The molecule has 5 nitrogen and oxygen atoms in total. The van der Waals surface area contributed by atoms with Gasteiger partial charge in [-0.1, -0.05) is 35.9 Å². The molecule has 3 aromatic carbocycles. The van der Waals surface area contributed by atoms with Crippen molar-refractivity contribution in [3.63, 3.8) is 0 Å². The van der Waals surface area contributed by atoms with Crippen molar-refractivity contribution in [2.75, 3.05) is 19.0 Å². The lowest BCUT2D eigenvalue weighted by molar-refractivity contribution is -0.646. The number of aromatic nitrogens is 1. The van der Waals surface area contributed by atoms with Crippen molar-refractivity contribution in [2.45, 2.75) is 4.90 Å². The van der Waals surface area contributed by atoms with Crippen molar-refractivity contribution in [2.24, 2.45) is 7.05 Å². The second-order valence-electron chi connectivity index (χ2n) is 7.60. The van der Waals surface area contributed by atoms with Crippen LogP contribution in [0.1, 0.15) is 11.3 Å². The molecule has 0 aliphatic heterocycles. The van der Waals surface area contributed by atoms with Crippen LogP contribution in [0, 0.1) is 0 Å². The number of aryl methyl sites for hydroxylation is 1. The third kappa shape index (κ3) is 6.65. The lowest BCUT2D eigenvalue weighted by atomic mass is 10.1. The van der Waals surface area contributed by atoms with Gasteiger partial charge in [-0.25, -0.2) is 8.42 Å². The summed E-state index contributed by atoms with van der Waals surface area (Å²) >= 11 is 5.46. The molecule has 0 amide bonds. The highest BCUT2D eigenvalue weighted by Gasteiger charge is 2.08. The fourth-order valence-electron chi connectivity index (χ4n) is 3.19. The maximum absolute atomic E-state index is 10.3. The van der Waals surface area contributed by atoms with E-state index in [-0.39, 0.29) is 4.90 Å². The summed E-state index contributed by atoms with van der Waals surface area (Å²) < 4.78 is 33.3. The zero-order valence-electron chi connectivity index (χ0n) is 18.6. The molecule has 0 spiro atoms. The van der Waals surface area contributed by atoms with Gasteiger partial charge in [0.05, 0.1) is 4.90 Å². The first kappa shape index (κ1) is 24.5. The van der Waals surface area contributed by atoms with Crippen LogP contribution in [0.2, 0.25) is 5.02 Å². The van der Waals surface area contributed by atoms with Crippen LogP contribution in [-0.4, -0.2) is 27.1 Å². The molecule has 0 radical (unpaired) electrons. The van der Waals surface area contributed by atoms with Crippen molar-refractivity contribution in [3.05, 3.63) is 101 Å². The zero-order chi connectivity index (χ0) is 24.0. The minimum Gasteiger partial charge on any atom is -0.744 e. The highest BCUT2D eigenvalue weighted by molar-refractivity contribution is 7.85. The van der Waals surface area contributed by atoms with E-state index >= 15 is 0 Å². The maximum Gasteiger partial charge on any atom is 0.212 e. The number of hydrogen-bond donors (Lipinski definition) is 0. The molecular formula is C26H25ClN2O3S. The number of benzene rings is 3. The van der Waals surface area contributed by atoms with E-state index in [0.29, 0.717) is 5.02 Å². The summed E-state index contributed by atoms with van der Waals surface area (Å²) in [5.74, 6) is 0. The average Bonchev–Trinajstić information content (AvgIpc) is 2.79. The normalized spacial score (nSPS) is 11.3. The van der Waals surface area contributed by atoms with Crippen LogP contribution in [-0.2, 0) is 17.2 Å². The highest BCUT2D eigenvalue weighted by Crippen LogP contribution is 2.15. The van der Waals surface area contributed by atoms with Crippen LogP contribution in [0.5, 0.6) is 0 Å². The van der Waals surface area contributed by atoms with Gasteiger partial charge in [0.25, 0.3) is 0 Å².